The predicted octanol–water partition coefficient (Wildman–Crippen LogP) is 1.82. The molecular formula is C22H17N3O4S2. The monoisotopic (exact) mass is 451 g/mol. The smallest absolute Gasteiger partial charge is 0.338 e. The van der Waals surface area contributed by atoms with Gasteiger partial charge in [-0.1, -0.05) is 35.6 Å². The number of carbonyl (C=O) groups is 2. The van der Waals surface area contributed by atoms with Crippen molar-refractivity contribution >= 4 is 45.8 Å². The van der Waals surface area contributed by atoms with Crippen molar-refractivity contribution in [3.63, 3.8) is 0 Å². The number of rotatable bonds is 2. The van der Waals surface area contributed by atoms with E-state index in [0.717, 1.165) is 16.1 Å². The van der Waals surface area contributed by atoms with Crippen LogP contribution in [0.3, 0.4) is 0 Å². The van der Waals surface area contributed by atoms with Crippen LogP contribution < -0.4 is 19.8 Å². The van der Waals surface area contributed by atoms with E-state index < -0.39 is 12.0 Å². The molecule has 0 radical (unpaired) electrons. The summed E-state index contributed by atoms with van der Waals surface area (Å²) in [7, 11) is 3.00. The van der Waals surface area contributed by atoms with Gasteiger partial charge < -0.3 is 9.64 Å². The molecule has 7 nitrogen and oxygen atoms in total. The number of methoxy groups -OCH3 is 1. The largest absolute Gasteiger partial charge is 0.466 e. The van der Waals surface area contributed by atoms with Crippen LogP contribution in [0.15, 0.2) is 62.8 Å². The highest BCUT2D eigenvalue weighted by atomic mass is 32.1. The Morgan fingerprint density at radius 2 is 1.94 bits per heavy atom. The number of fused-ring (bicyclic) bond motifs is 2. The number of likely N-dealkylation sites (N-methyl/N-ethyl adjacent to an activating group) is 1. The zero-order chi connectivity index (χ0) is 21.9. The third-order valence-corrected chi connectivity index (χ3v) is 7.47. The van der Waals surface area contributed by atoms with Gasteiger partial charge in [0.05, 0.1) is 29.6 Å². The summed E-state index contributed by atoms with van der Waals surface area (Å²) in [5.74, 6) is -0.761. The van der Waals surface area contributed by atoms with Crippen LogP contribution >= 0.6 is 22.7 Å². The van der Waals surface area contributed by atoms with Gasteiger partial charge in [-0.15, -0.1) is 11.3 Å². The molecule has 0 bridgehead atoms. The number of benzene rings is 1. The highest BCUT2D eigenvalue weighted by Crippen LogP contribution is 2.35. The Labute approximate surface area is 184 Å². The maximum Gasteiger partial charge on any atom is 0.338 e. The fourth-order valence-electron chi connectivity index (χ4n) is 4.05. The Morgan fingerprint density at radius 3 is 2.65 bits per heavy atom. The molecule has 31 heavy (non-hydrogen) atoms. The van der Waals surface area contributed by atoms with Gasteiger partial charge in [0, 0.05) is 17.5 Å². The maximum absolute atomic E-state index is 13.7. The first-order valence-corrected chi connectivity index (χ1v) is 11.2. The Morgan fingerprint density at radius 1 is 1.16 bits per heavy atom. The van der Waals surface area contributed by atoms with Crippen molar-refractivity contribution in [2.75, 3.05) is 19.1 Å². The van der Waals surface area contributed by atoms with E-state index in [2.05, 4.69) is 4.99 Å². The van der Waals surface area contributed by atoms with E-state index in [9.17, 15) is 14.4 Å². The number of esters is 1. The summed E-state index contributed by atoms with van der Waals surface area (Å²) in [5.41, 5.74) is 2.32. The normalized spacial score (nSPS) is 19.3. The highest BCUT2D eigenvalue weighted by Gasteiger charge is 2.36. The molecule has 0 fully saturated rings. The lowest BCUT2D eigenvalue weighted by Gasteiger charge is -2.22. The molecule has 9 heteroatoms. The molecule has 2 aromatic heterocycles. The molecule has 0 saturated carbocycles. The Hall–Kier alpha value is -3.30. The minimum absolute atomic E-state index is 0.233. The number of thiazole rings is 1. The van der Waals surface area contributed by atoms with Gasteiger partial charge in [-0.3, -0.25) is 14.2 Å². The Bertz CT molecular complexity index is 1460. The summed E-state index contributed by atoms with van der Waals surface area (Å²) < 4.78 is 6.82. The van der Waals surface area contributed by atoms with Crippen molar-refractivity contribution in [1.82, 2.24) is 4.57 Å². The number of aromatic nitrogens is 1. The lowest BCUT2D eigenvalue weighted by atomic mass is 10.0. The number of anilines is 1. The van der Waals surface area contributed by atoms with Crippen LogP contribution in [0.1, 0.15) is 23.4 Å². The van der Waals surface area contributed by atoms with Gasteiger partial charge in [0.15, 0.2) is 4.80 Å². The van der Waals surface area contributed by atoms with Gasteiger partial charge in [-0.2, -0.15) is 0 Å². The zero-order valence-corrected chi connectivity index (χ0v) is 18.5. The average Bonchev–Trinajstić information content (AvgIpc) is 3.46. The molecule has 0 unspecified atom stereocenters. The number of hydrogen-bond acceptors (Lipinski definition) is 7. The number of para-hydroxylation sites is 1. The first-order chi connectivity index (χ1) is 14.9. The summed E-state index contributed by atoms with van der Waals surface area (Å²) in [6.07, 6.45) is 0. The van der Waals surface area contributed by atoms with E-state index in [1.54, 1.807) is 18.9 Å². The summed E-state index contributed by atoms with van der Waals surface area (Å²) in [4.78, 5) is 46.7. The summed E-state index contributed by atoms with van der Waals surface area (Å²) in [6.45, 7) is 1.73. The van der Waals surface area contributed by atoms with Crippen LogP contribution in [0.5, 0.6) is 0 Å². The zero-order valence-electron chi connectivity index (χ0n) is 16.9. The molecule has 0 N–H and O–H groups in total. The van der Waals surface area contributed by atoms with Crippen LogP contribution in [0, 0.1) is 0 Å². The molecule has 156 valence electrons. The fourth-order valence-corrected chi connectivity index (χ4v) is 6.01. The van der Waals surface area contributed by atoms with Crippen molar-refractivity contribution < 1.29 is 14.3 Å². The molecule has 4 heterocycles. The number of nitrogens with zero attached hydrogens (tertiary/aromatic N) is 3. The molecule has 1 atom stereocenters. The second kappa shape index (κ2) is 7.14. The highest BCUT2D eigenvalue weighted by molar-refractivity contribution is 7.10. The summed E-state index contributed by atoms with van der Waals surface area (Å²) in [5, 5.41) is 1.89. The van der Waals surface area contributed by atoms with Gasteiger partial charge in [0.1, 0.15) is 10.6 Å². The fraction of sp³-hybridized carbons (Fsp3) is 0.182. The third-order valence-electron chi connectivity index (χ3n) is 5.50. The van der Waals surface area contributed by atoms with Gasteiger partial charge >= 0.3 is 5.97 Å². The number of thiophene rings is 1. The number of amides is 1. The minimum atomic E-state index is -0.650. The van der Waals surface area contributed by atoms with Crippen LogP contribution in [0.4, 0.5) is 5.69 Å². The first kappa shape index (κ1) is 19.7. The van der Waals surface area contributed by atoms with Crippen molar-refractivity contribution in [2.45, 2.75) is 13.0 Å². The van der Waals surface area contributed by atoms with E-state index in [0.29, 0.717) is 26.2 Å². The van der Waals surface area contributed by atoms with Gasteiger partial charge in [-0.05, 0) is 24.4 Å². The predicted molar refractivity (Wildman–Crippen MR) is 119 cm³/mol. The third kappa shape index (κ3) is 2.77. The average molecular weight is 452 g/mol. The van der Waals surface area contributed by atoms with Crippen LogP contribution in [-0.2, 0) is 14.3 Å². The maximum atomic E-state index is 13.7. The Kier molecular flexibility index (Phi) is 4.53. The first-order valence-electron chi connectivity index (χ1n) is 9.48. The molecule has 2 aliphatic rings. The van der Waals surface area contributed by atoms with Crippen LogP contribution in [0.25, 0.3) is 5.57 Å². The lowest BCUT2D eigenvalue weighted by molar-refractivity contribution is -0.136. The second-order valence-electron chi connectivity index (χ2n) is 7.17. The van der Waals surface area contributed by atoms with E-state index in [-0.39, 0.29) is 11.5 Å². The van der Waals surface area contributed by atoms with Crippen molar-refractivity contribution in [2.24, 2.45) is 4.99 Å². The van der Waals surface area contributed by atoms with Crippen LogP contribution in [-0.4, -0.2) is 30.6 Å². The molecule has 1 aromatic carbocycles. The van der Waals surface area contributed by atoms with E-state index in [1.807, 2.05) is 41.8 Å². The molecule has 3 aromatic rings. The van der Waals surface area contributed by atoms with E-state index >= 15 is 0 Å². The number of ether oxygens (including phenoxy) is 1. The molecule has 0 aliphatic carbocycles. The van der Waals surface area contributed by atoms with Gasteiger partial charge in [0.2, 0.25) is 0 Å². The molecule has 0 saturated heterocycles. The molecule has 1 amide bonds. The lowest BCUT2D eigenvalue weighted by Crippen LogP contribution is -2.40. The molecule has 0 spiro atoms. The van der Waals surface area contributed by atoms with E-state index in [4.69, 9.17) is 4.74 Å². The van der Waals surface area contributed by atoms with Gasteiger partial charge in [-0.25, -0.2) is 9.79 Å². The van der Waals surface area contributed by atoms with E-state index in [1.165, 1.54) is 34.4 Å². The summed E-state index contributed by atoms with van der Waals surface area (Å²) in [6, 6.07) is 10.5. The van der Waals surface area contributed by atoms with Crippen molar-refractivity contribution in [3.05, 3.63) is 83.2 Å². The number of hydrogen-bond donors (Lipinski definition) is 0. The topological polar surface area (TPSA) is 81.0 Å². The second-order valence-corrected chi connectivity index (χ2v) is 9.12. The van der Waals surface area contributed by atoms with Gasteiger partial charge in [0.25, 0.3) is 11.5 Å². The minimum Gasteiger partial charge on any atom is -0.466 e. The number of carbonyl (C=O) groups excluding carboxylic acids is 2. The van der Waals surface area contributed by atoms with Crippen LogP contribution in [0.2, 0.25) is 0 Å². The SMILES string of the molecule is COC(=O)C1=C(C)N=c2s/c(=C3\C(=O)N(C)c4ccccc43)c(=O)n2[C@@H]1c1cccs1. The van der Waals surface area contributed by atoms with Crippen molar-refractivity contribution in [3.8, 4) is 0 Å². The molecule has 5 rings (SSSR count). The molecule has 2 aliphatic heterocycles. The Balaban J connectivity index is 1.86. The standard InChI is InChI=1S/C22H17N3O4S2/c1-11-15(21(28)29-3)17(14-9-6-10-30-14)25-20(27)18(31-22(25)23-11)16-12-7-4-5-8-13(12)24(2)19(16)26/h4-10,17H,1-3H3/b18-16-/t17-/m1/s1. The van der Waals surface area contributed by atoms with Crippen molar-refractivity contribution in [1.29, 1.82) is 0 Å². The summed E-state index contributed by atoms with van der Waals surface area (Å²) >= 11 is 2.62. The molecular weight excluding hydrogens is 434 g/mol. The quantitative estimate of drug-likeness (QED) is 0.557. The number of allylic oxidation sites excluding steroid dienone is 1.